The zero-order valence-corrected chi connectivity index (χ0v) is 24.1. The van der Waals surface area contributed by atoms with Gasteiger partial charge in [-0.2, -0.15) is 0 Å². The van der Waals surface area contributed by atoms with Crippen LogP contribution in [-0.4, -0.2) is 57.6 Å². The number of hydrogen-bond acceptors (Lipinski definition) is 5. The van der Waals surface area contributed by atoms with Gasteiger partial charge in [-0.3, -0.25) is 13.9 Å². The van der Waals surface area contributed by atoms with Crippen LogP contribution >= 0.6 is 11.6 Å². The molecule has 0 aliphatic carbocycles. The minimum Gasteiger partial charge on any atom is -0.497 e. The number of benzene rings is 3. The Bertz CT molecular complexity index is 1400. The Morgan fingerprint density at radius 2 is 1.67 bits per heavy atom. The Hall–Kier alpha value is -3.56. The van der Waals surface area contributed by atoms with Crippen LogP contribution in [0.1, 0.15) is 23.6 Å². The molecule has 3 aromatic rings. The maximum Gasteiger partial charge on any atom is 0.244 e. The zero-order valence-electron chi connectivity index (χ0n) is 22.6. The molecule has 2 amide bonds. The van der Waals surface area contributed by atoms with Crippen LogP contribution in [0.4, 0.5) is 5.69 Å². The van der Waals surface area contributed by atoms with Gasteiger partial charge in [-0.1, -0.05) is 60.1 Å². The number of methoxy groups -OCH3 is 1. The molecule has 0 heterocycles. The molecule has 0 unspecified atom stereocenters. The van der Waals surface area contributed by atoms with Crippen molar-refractivity contribution in [2.45, 2.75) is 32.9 Å². The van der Waals surface area contributed by atoms with Gasteiger partial charge in [0.25, 0.3) is 0 Å². The number of halogens is 1. The van der Waals surface area contributed by atoms with Gasteiger partial charge in [-0.25, -0.2) is 8.42 Å². The molecule has 0 aliphatic rings. The van der Waals surface area contributed by atoms with Crippen LogP contribution in [0.3, 0.4) is 0 Å². The van der Waals surface area contributed by atoms with Crippen LogP contribution in [0, 0.1) is 6.92 Å². The molecule has 208 valence electrons. The normalized spacial score (nSPS) is 11.9. The molecule has 39 heavy (non-hydrogen) atoms. The zero-order chi connectivity index (χ0) is 28.6. The molecular formula is C29H34ClN3O5S. The maximum atomic E-state index is 14.0. The Kier molecular flexibility index (Phi) is 10.4. The summed E-state index contributed by atoms with van der Waals surface area (Å²) in [5.41, 5.74) is 2.43. The van der Waals surface area contributed by atoms with E-state index in [4.69, 9.17) is 16.3 Å². The SMILES string of the molecule is CCNC(=O)[C@H](Cc1ccccc1)N(Cc1cccc(OC)c1)C(=O)CN(c1cccc(Cl)c1C)S(C)(=O)=O. The molecule has 0 bridgehead atoms. The number of sulfonamides is 1. The summed E-state index contributed by atoms with van der Waals surface area (Å²) in [7, 11) is -2.33. The summed E-state index contributed by atoms with van der Waals surface area (Å²) in [5.74, 6) is -0.262. The molecular weight excluding hydrogens is 538 g/mol. The van der Waals surface area contributed by atoms with Crippen LogP contribution in [0.25, 0.3) is 0 Å². The summed E-state index contributed by atoms with van der Waals surface area (Å²) >= 11 is 6.28. The third-order valence-electron chi connectivity index (χ3n) is 6.30. The van der Waals surface area contributed by atoms with Crippen molar-refractivity contribution in [3.05, 3.63) is 94.5 Å². The highest BCUT2D eigenvalue weighted by Gasteiger charge is 2.33. The molecule has 0 aromatic heterocycles. The first-order chi connectivity index (χ1) is 18.5. The molecule has 0 saturated carbocycles. The number of ether oxygens (including phenoxy) is 1. The highest BCUT2D eigenvalue weighted by molar-refractivity contribution is 7.92. The fourth-order valence-electron chi connectivity index (χ4n) is 4.27. The molecule has 1 N–H and O–H groups in total. The minimum absolute atomic E-state index is 0.0663. The summed E-state index contributed by atoms with van der Waals surface area (Å²) in [5, 5.41) is 3.22. The van der Waals surface area contributed by atoms with Crippen LogP contribution in [0.2, 0.25) is 5.02 Å². The van der Waals surface area contributed by atoms with Crippen molar-refractivity contribution < 1.29 is 22.7 Å². The summed E-state index contributed by atoms with van der Waals surface area (Å²) in [4.78, 5) is 28.9. The lowest BCUT2D eigenvalue weighted by atomic mass is 10.0. The van der Waals surface area contributed by atoms with Gasteiger partial charge in [0.2, 0.25) is 21.8 Å². The van der Waals surface area contributed by atoms with Crippen molar-refractivity contribution >= 4 is 39.1 Å². The van der Waals surface area contributed by atoms with E-state index in [9.17, 15) is 18.0 Å². The monoisotopic (exact) mass is 571 g/mol. The minimum atomic E-state index is -3.88. The highest BCUT2D eigenvalue weighted by Crippen LogP contribution is 2.29. The Labute approximate surface area is 235 Å². The van der Waals surface area contributed by atoms with Crippen molar-refractivity contribution in [3.63, 3.8) is 0 Å². The fourth-order valence-corrected chi connectivity index (χ4v) is 5.34. The summed E-state index contributed by atoms with van der Waals surface area (Å²) in [6, 6.07) is 20.6. The molecule has 3 rings (SSSR count). The summed E-state index contributed by atoms with van der Waals surface area (Å²) in [6.07, 6.45) is 1.29. The van der Waals surface area contributed by atoms with E-state index in [1.54, 1.807) is 57.4 Å². The highest BCUT2D eigenvalue weighted by atomic mass is 35.5. The van der Waals surface area contributed by atoms with Gasteiger partial charge in [-0.05, 0) is 54.8 Å². The number of likely N-dealkylation sites (N-methyl/N-ethyl adjacent to an activating group) is 1. The van der Waals surface area contributed by atoms with Crippen LogP contribution in [0.5, 0.6) is 5.75 Å². The third-order valence-corrected chi connectivity index (χ3v) is 7.83. The van der Waals surface area contributed by atoms with Gasteiger partial charge in [0.05, 0.1) is 19.1 Å². The largest absolute Gasteiger partial charge is 0.497 e. The van der Waals surface area contributed by atoms with Crippen molar-refractivity contribution in [2.24, 2.45) is 0 Å². The molecule has 3 aromatic carbocycles. The van der Waals surface area contributed by atoms with Crippen molar-refractivity contribution in [1.29, 1.82) is 0 Å². The average molecular weight is 572 g/mol. The second kappa shape index (κ2) is 13.5. The Morgan fingerprint density at radius 1 is 1.00 bits per heavy atom. The van der Waals surface area contributed by atoms with Crippen molar-refractivity contribution in [3.8, 4) is 5.75 Å². The lowest BCUT2D eigenvalue weighted by Crippen LogP contribution is -2.53. The van der Waals surface area contributed by atoms with Gasteiger partial charge in [0.1, 0.15) is 18.3 Å². The third kappa shape index (κ3) is 7.97. The van der Waals surface area contributed by atoms with E-state index in [-0.39, 0.29) is 18.9 Å². The average Bonchev–Trinajstić information content (AvgIpc) is 2.91. The number of amides is 2. The predicted octanol–water partition coefficient (Wildman–Crippen LogP) is 4.20. The maximum absolute atomic E-state index is 14.0. The van der Waals surface area contributed by atoms with Crippen molar-refractivity contribution in [1.82, 2.24) is 10.2 Å². The first-order valence-electron chi connectivity index (χ1n) is 12.5. The number of nitrogens with one attached hydrogen (secondary N) is 1. The molecule has 10 heteroatoms. The molecule has 0 aliphatic heterocycles. The summed E-state index contributed by atoms with van der Waals surface area (Å²) < 4.78 is 32.2. The molecule has 8 nitrogen and oxygen atoms in total. The van der Waals surface area contributed by atoms with Crippen LogP contribution in [0.15, 0.2) is 72.8 Å². The van der Waals surface area contributed by atoms with E-state index < -0.39 is 28.5 Å². The van der Waals surface area contributed by atoms with Gasteiger partial charge < -0.3 is 15.0 Å². The number of hydrogen-bond donors (Lipinski definition) is 1. The topological polar surface area (TPSA) is 96.0 Å². The van der Waals surface area contributed by atoms with Gasteiger partial charge >= 0.3 is 0 Å². The second-order valence-corrected chi connectivity index (χ2v) is 11.4. The van der Waals surface area contributed by atoms with Crippen LogP contribution in [-0.2, 0) is 32.6 Å². The quantitative estimate of drug-likeness (QED) is 0.351. The number of nitrogens with zero attached hydrogens (tertiary/aromatic N) is 2. The second-order valence-electron chi connectivity index (χ2n) is 9.13. The van der Waals surface area contributed by atoms with E-state index in [1.807, 2.05) is 36.4 Å². The number of carbonyl (C=O) groups is 2. The fraction of sp³-hybridized carbons (Fsp3) is 0.310. The van der Waals surface area contributed by atoms with E-state index in [1.165, 1.54) is 4.90 Å². The van der Waals surface area contributed by atoms with Gasteiger partial charge in [-0.15, -0.1) is 0 Å². The first kappa shape index (κ1) is 30.0. The predicted molar refractivity (Wildman–Crippen MR) is 155 cm³/mol. The number of rotatable bonds is 12. The summed E-state index contributed by atoms with van der Waals surface area (Å²) in [6.45, 7) is 3.44. The lowest BCUT2D eigenvalue weighted by molar-refractivity contribution is -0.140. The Morgan fingerprint density at radius 3 is 2.31 bits per heavy atom. The van der Waals surface area contributed by atoms with E-state index in [0.717, 1.165) is 21.7 Å². The number of carbonyl (C=O) groups excluding carboxylic acids is 2. The first-order valence-corrected chi connectivity index (χ1v) is 14.7. The van der Waals surface area contributed by atoms with Crippen molar-refractivity contribution in [2.75, 3.05) is 30.8 Å². The molecule has 0 fully saturated rings. The smallest absolute Gasteiger partial charge is 0.244 e. The van der Waals surface area contributed by atoms with E-state index >= 15 is 0 Å². The van der Waals surface area contributed by atoms with E-state index in [0.29, 0.717) is 28.6 Å². The lowest BCUT2D eigenvalue weighted by Gasteiger charge is -2.33. The van der Waals surface area contributed by atoms with Gasteiger partial charge in [0.15, 0.2) is 0 Å². The number of anilines is 1. The molecule has 1 atom stereocenters. The molecule has 0 spiro atoms. The van der Waals surface area contributed by atoms with Gasteiger partial charge in [0, 0.05) is 24.5 Å². The van der Waals surface area contributed by atoms with E-state index in [2.05, 4.69) is 5.32 Å². The standard InChI is InChI=1S/C29H34ClN3O5S/c1-5-31-29(35)27(18-22-11-7-6-8-12-22)32(19-23-13-9-14-24(17-23)38-3)28(34)20-33(39(4,36)37)26-16-10-15-25(30)21(26)2/h6-17,27H,5,18-20H2,1-4H3,(H,31,35)/t27-/m0/s1. The molecule has 0 radical (unpaired) electrons. The molecule has 0 saturated heterocycles. The van der Waals surface area contributed by atoms with Crippen LogP contribution < -0.4 is 14.4 Å². The Balaban J connectivity index is 2.08.